The molecule has 1 aliphatic heterocycles. The van der Waals surface area contributed by atoms with Gasteiger partial charge in [-0.25, -0.2) is 4.79 Å². The Morgan fingerprint density at radius 2 is 2.15 bits per heavy atom. The number of nitrogens with one attached hydrogen (secondary N) is 1. The largest absolute Gasteiger partial charge is 0.598 e. The number of hydrogen-bond acceptors (Lipinski definition) is 3. The van der Waals surface area contributed by atoms with E-state index in [1.165, 1.54) is 4.90 Å². The Bertz CT molecular complexity index is 333. The molecule has 1 heterocycles. The predicted molar refractivity (Wildman–Crippen MR) is 82.0 cm³/mol. The summed E-state index contributed by atoms with van der Waals surface area (Å²) >= 11 is -1.08. The van der Waals surface area contributed by atoms with Crippen molar-refractivity contribution in [2.24, 2.45) is 11.8 Å². The maximum absolute atomic E-state index is 12.2. The minimum absolute atomic E-state index is 0.135. The van der Waals surface area contributed by atoms with Gasteiger partial charge in [-0.05, 0) is 46.0 Å². The fourth-order valence-electron chi connectivity index (χ4n) is 2.75. The summed E-state index contributed by atoms with van der Waals surface area (Å²) in [6, 6.07) is 0.135. The van der Waals surface area contributed by atoms with Crippen LogP contribution in [0.1, 0.15) is 47.5 Å². The zero-order valence-electron chi connectivity index (χ0n) is 13.2. The van der Waals surface area contributed by atoms with Gasteiger partial charge in [0.25, 0.3) is 0 Å². The second kappa shape index (κ2) is 7.00. The van der Waals surface area contributed by atoms with Gasteiger partial charge in [0, 0.05) is 24.5 Å². The summed E-state index contributed by atoms with van der Waals surface area (Å²) in [6.07, 6.45) is 0.948. The molecule has 2 unspecified atom stereocenters. The number of amides is 1. The Kier molecular flexibility index (Phi) is 6.16. The fraction of sp³-hybridized carbons (Fsp3) is 0.929. The van der Waals surface area contributed by atoms with Gasteiger partial charge in [0.1, 0.15) is 4.75 Å². The van der Waals surface area contributed by atoms with Gasteiger partial charge in [-0.2, -0.15) is 0 Å². The van der Waals surface area contributed by atoms with Gasteiger partial charge in [0.05, 0.1) is 6.04 Å². The van der Waals surface area contributed by atoms with Crippen molar-refractivity contribution in [1.82, 2.24) is 9.62 Å². The highest BCUT2D eigenvalue weighted by Gasteiger charge is 2.37. The highest BCUT2D eigenvalue weighted by molar-refractivity contribution is 7.90. The van der Waals surface area contributed by atoms with Crippen molar-refractivity contribution in [1.29, 1.82) is 0 Å². The molecule has 0 saturated carbocycles. The third-order valence-electron chi connectivity index (χ3n) is 4.08. The van der Waals surface area contributed by atoms with E-state index in [2.05, 4.69) is 18.6 Å². The molecule has 118 valence electrons. The van der Waals surface area contributed by atoms with Crippen LogP contribution in [0.25, 0.3) is 0 Å². The average molecular weight is 304 g/mol. The normalized spacial score (nSPS) is 27.2. The third kappa shape index (κ3) is 4.53. The molecule has 1 saturated heterocycles. The molecule has 1 fully saturated rings. The van der Waals surface area contributed by atoms with E-state index in [0.29, 0.717) is 24.9 Å². The minimum Gasteiger partial charge on any atom is -0.598 e. The zero-order valence-corrected chi connectivity index (χ0v) is 14.0. The van der Waals surface area contributed by atoms with Crippen LogP contribution in [0.3, 0.4) is 0 Å². The van der Waals surface area contributed by atoms with Crippen LogP contribution < -0.4 is 4.72 Å². The molecular formula is C14H28N2O3S. The van der Waals surface area contributed by atoms with Crippen molar-refractivity contribution in [3.8, 4) is 0 Å². The summed E-state index contributed by atoms with van der Waals surface area (Å²) in [5.74, 6) is 0.709. The summed E-state index contributed by atoms with van der Waals surface area (Å²) < 4.78 is 15.1. The molecule has 0 spiro atoms. The fourth-order valence-corrected chi connectivity index (χ4v) is 3.61. The third-order valence-corrected chi connectivity index (χ3v) is 5.78. The summed E-state index contributed by atoms with van der Waals surface area (Å²) in [6.45, 7) is 11.2. The highest BCUT2D eigenvalue weighted by Crippen LogP contribution is 2.30. The van der Waals surface area contributed by atoms with Crippen molar-refractivity contribution in [3.63, 3.8) is 0 Å². The molecule has 1 aliphatic rings. The highest BCUT2D eigenvalue weighted by atomic mass is 32.2. The quantitative estimate of drug-likeness (QED) is 0.782. The lowest BCUT2D eigenvalue weighted by molar-refractivity contribution is 0.0858. The number of likely N-dealkylation sites (tertiary alicyclic amines) is 1. The maximum atomic E-state index is 12.2. The molecule has 1 amide bonds. The number of piperidine rings is 1. The van der Waals surface area contributed by atoms with Gasteiger partial charge >= 0.3 is 6.09 Å². The first-order valence-corrected chi connectivity index (χ1v) is 8.47. The van der Waals surface area contributed by atoms with E-state index >= 15 is 0 Å². The van der Waals surface area contributed by atoms with E-state index < -0.39 is 17.5 Å². The van der Waals surface area contributed by atoms with Crippen molar-refractivity contribution >= 4 is 17.5 Å². The first-order chi connectivity index (χ1) is 9.16. The van der Waals surface area contributed by atoms with Crippen molar-refractivity contribution in [3.05, 3.63) is 0 Å². The van der Waals surface area contributed by atoms with Gasteiger partial charge in [-0.1, -0.05) is 13.3 Å². The second-order valence-electron chi connectivity index (χ2n) is 6.64. The number of hydrogen-bond donors (Lipinski definition) is 2. The number of rotatable bonds is 4. The van der Waals surface area contributed by atoms with Crippen LogP contribution >= 0.6 is 0 Å². The van der Waals surface area contributed by atoms with Crippen molar-refractivity contribution in [2.45, 2.75) is 58.2 Å². The molecule has 0 aliphatic carbocycles. The van der Waals surface area contributed by atoms with Crippen LogP contribution in [-0.2, 0) is 11.4 Å². The first kappa shape index (κ1) is 17.6. The molecule has 0 aromatic rings. The summed E-state index contributed by atoms with van der Waals surface area (Å²) in [5.41, 5.74) is 0. The van der Waals surface area contributed by atoms with Crippen LogP contribution in [0.5, 0.6) is 0 Å². The molecule has 1 rings (SSSR count). The van der Waals surface area contributed by atoms with Gasteiger partial charge < -0.3 is 14.6 Å². The monoisotopic (exact) mass is 304 g/mol. The Morgan fingerprint density at radius 3 is 2.60 bits per heavy atom. The molecule has 0 aromatic carbocycles. The first-order valence-electron chi connectivity index (χ1n) is 7.32. The molecule has 0 aromatic heterocycles. The van der Waals surface area contributed by atoms with Gasteiger partial charge in [0.15, 0.2) is 0 Å². The van der Waals surface area contributed by atoms with Crippen LogP contribution in [0.15, 0.2) is 0 Å². The van der Waals surface area contributed by atoms with Crippen LogP contribution in [0.4, 0.5) is 4.79 Å². The molecule has 2 N–H and O–H groups in total. The maximum Gasteiger partial charge on any atom is 0.407 e. The van der Waals surface area contributed by atoms with Crippen LogP contribution in [0, 0.1) is 11.8 Å². The van der Waals surface area contributed by atoms with Gasteiger partial charge in [-0.3, -0.25) is 0 Å². The number of nitrogens with zero attached hydrogens (tertiary/aromatic N) is 1. The Hall–Kier alpha value is -0.460. The standard InChI is InChI=1S/C14H28N2O3S/c1-6-11-9-16(13(17)18)8-7-12(11)10(2)15-20(19)14(3,4)5/h10-12,15H,6-9H2,1-5H3,(H,17,18)/t10?,11-,12-,20?/m1/s1. The van der Waals surface area contributed by atoms with E-state index in [0.717, 1.165) is 12.8 Å². The Balaban J connectivity index is 2.63. The van der Waals surface area contributed by atoms with Crippen LogP contribution in [0.2, 0.25) is 0 Å². The summed E-state index contributed by atoms with van der Waals surface area (Å²) in [4.78, 5) is 12.6. The van der Waals surface area contributed by atoms with Crippen molar-refractivity contribution < 1.29 is 14.5 Å². The molecule has 0 bridgehead atoms. The lowest BCUT2D eigenvalue weighted by atomic mass is 9.80. The van der Waals surface area contributed by atoms with Crippen molar-refractivity contribution in [2.75, 3.05) is 13.1 Å². The Morgan fingerprint density at radius 1 is 1.55 bits per heavy atom. The van der Waals surface area contributed by atoms with Crippen LogP contribution in [-0.4, -0.2) is 44.5 Å². The summed E-state index contributed by atoms with van der Waals surface area (Å²) in [5, 5.41) is 9.09. The predicted octanol–water partition coefficient (Wildman–Crippen LogP) is 2.45. The topological polar surface area (TPSA) is 75.6 Å². The second-order valence-corrected chi connectivity index (χ2v) is 8.63. The Labute approximate surface area is 125 Å². The van der Waals surface area contributed by atoms with Gasteiger partial charge in [0.2, 0.25) is 0 Å². The molecule has 0 radical (unpaired) electrons. The van der Waals surface area contributed by atoms with E-state index in [4.69, 9.17) is 5.11 Å². The molecule has 20 heavy (non-hydrogen) atoms. The smallest absolute Gasteiger partial charge is 0.407 e. The lowest BCUT2D eigenvalue weighted by Gasteiger charge is -2.40. The summed E-state index contributed by atoms with van der Waals surface area (Å²) in [7, 11) is 0. The van der Waals surface area contributed by atoms with Gasteiger partial charge in [-0.15, -0.1) is 4.72 Å². The minimum atomic E-state index is -1.08. The zero-order chi connectivity index (χ0) is 15.5. The molecule has 6 heteroatoms. The molecule has 5 nitrogen and oxygen atoms in total. The van der Waals surface area contributed by atoms with E-state index in [9.17, 15) is 9.35 Å². The van der Waals surface area contributed by atoms with E-state index in [1.807, 2.05) is 20.8 Å². The average Bonchev–Trinajstić information content (AvgIpc) is 2.36. The van der Waals surface area contributed by atoms with E-state index in [-0.39, 0.29) is 10.8 Å². The number of carbonyl (C=O) groups is 1. The van der Waals surface area contributed by atoms with E-state index in [1.54, 1.807) is 0 Å². The number of carboxylic acid groups (broad SMARTS) is 1. The molecular weight excluding hydrogens is 276 g/mol. The SMILES string of the molecule is CC[C@@H]1CN(C(=O)O)CC[C@@H]1C(C)N[S+]([O-])C(C)(C)C. The molecule has 4 atom stereocenters. The lowest BCUT2D eigenvalue weighted by Crippen LogP contribution is -2.52.